The number of likely N-dealkylation sites (tertiary alicyclic amines) is 1. The normalized spacial score (nSPS) is 15.8. The molecule has 1 saturated heterocycles. The molecule has 0 bridgehead atoms. The fraction of sp³-hybridized carbons (Fsp3) is 0.360. The molecular formula is C25H27NO4. The van der Waals surface area contributed by atoms with Gasteiger partial charge in [-0.2, -0.15) is 0 Å². The number of aryl methyl sites for hydroxylation is 1. The molecule has 0 radical (unpaired) electrons. The summed E-state index contributed by atoms with van der Waals surface area (Å²) in [4.78, 5) is 27.6. The molecular weight excluding hydrogens is 378 g/mol. The number of esters is 1. The second kappa shape index (κ2) is 8.74. The number of rotatable bonds is 6. The second-order valence-electron chi connectivity index (χ2n) is 7.93. The van der Waals surface area contributed by atoms with Crippen LogP contribution in [0.2, 0.25) is 0 Å². The molecule has 1 amide bonds. The maximum absolute atomic E-state index is 13.0. The Kier molecular flexibility index (Phi) is 5.88. The molecule has 1 aliphatic rings. The number of nitrogens with zero attached hydrogens (tertiary/aromatic N) is 1. The number of hydrogen-bond acceptors (Lipinski definition) is 4. The number of hydrogen-bond donors (Lipinski definition) is 0. The average Bonchev–Trinajstić information content (AvgIpc) is 3.23. The van der Waals surface area contributed by atoms with Crippen LogP contribution in [0.1, 0.15) is 42.3 Å². The van der Waals surface area contributed by atoms with Crippen molar-refractivity contribution in [2.45, 2.75) is 32.6 Å². The zero-order valence-electron chi connectivity index (χ0n) is 17.3. The molecule has 0 unspecified atom stereocenters. The van der Waals surface area contributed by atoms with Gasteiger partial charge in [0.1, 0.15) is 5.58 Å². The molecule has 4 rings (SSSR count). The van der Waals surface area contributed by atoms with Gasteiger partial charge in [-0.3, -0.25) is 9.59 Å². The topological polar surface area (TPSA) is 59.8 Å². The van der Waals surface area contributed by atoms with E-state index in [9.17, 15) is 9.59 Å². The van der Waals surface area contributed by atoms with Crippen LogP contribution < -0.4 is 0 Å². The van der Waals surface area contributed by atoms with Crippen molar-refractivity contribution in [3.05, 3.63) is 72.0 Å². The number of carbonyl (C=O) groups excluding carboxylic acids is 2. The average molecular weight is 405 g/mol. The molecule has 2 aromatic carbocycles. The molecule has 0 spiro atoms. The molecule has 3 aromatic rings. The van der Waals surface area contributed by atoms with Gasteiger partial charge in [0, 0.05) is 18.5 Å². The Bertz CT molecular complexity index is 983. The molecule has 1 fully saturated rings. The number of carbonyl (C=O) groups is 2. The van der Waals surface area contributed by atoms with E-state index in [1.807, 2.05) is 49.4 Å². The van der Waals surface area contributed by atoms with E-state index in [-0.39, 0.29) is 11.9 Å². The summed E-state index contributed by atoms with van der Waals surface area (Å²) >= 11 is 0. The molecule has 0 atom stereocenters. The summed E-state index contributed by atoms with van der Waals surface area (Å²) in [6, 6.07) is 19.6. The molecule has 5 heteroatoms. The first-order valence-electron chi connectivity index (χ1n) is 10.6. The van der Waals surface area contributed by atoms with Crippen LogP contribution in [-0.2, 0) is 16.0 Å². The monoisotopic (exact) mass is 405 g/mol. The molecule has 0 N–H and O–H groups in total. The molecule has 1 aliphatic heterocycles. The predicted molar refractivity (Wildman–Crippen MR) is 115 cm³/mol. The number of ether oxygens (including phenoxy) is 1. The van der Waals surface area contributed by atoms with Crippen molar-refractivity contribution < 1.29 is 18.7 Å². The molecule has 156 valence electrons. The Morgan fingerprint density at radius 1 is 1.03 bits per heavy atom. The highest BCUT2D eigenvalue weighted by Crippen LogP contribution is 2.38. The summed E-state index contributed by atoms with van der Waals surface area (Å²) < 4.78 is 11.2. The third-order valence-electron chi connectivity index (χ3n) is 6.09. The summed E-state index contributed by atoms with van der Waals surface area (Å²) in [7, 11) is 0. The van der Waals surface area contributed by atoms with Gasteiger partial charge < -0.3 is 14.1 Å². The lowest BCUT2D eigenvalue weighted by atomic mass is 9.74. The van der Waals surface area contributed by atoms with Crippen LogP contribution >= 0.6 is 0 Å². The van der Waals surface area contributed by atoms with E-state index < -0.39 is 5.41 Å². The molecule has 1 aromatic heterocycles. The Morgan fingerprint density at radius 3 is 2.43 bits per heavy atom. The van der Waals surface area contributed by atoms with Crippen LogP contribution in [0.3, 0.4) is 0 Å². The van der Waals surface area contributed by atoms with E-state index in [0.717, 1.165) is 18.2 Å². The van der Waals surface area contributed by atoms with E-state index in [4.69, 9.17) is 9.15 Å². The fourth-order valence-corrected chi connectivity index (χ4v) is 4.25. The highest BCUT2D eigenvalue weighted by Gasteiger charge is 2.43. The van der Waals surface area contributed by atoms with Crippen LogP contribution in [0.15, 0.2) is 65.1 Å². The molecule has 30 heavy (non-hydrogen) atoms. The Morgan fingerprint density at radius 2 is 1.73 bits per heavy atom. The number of para-hydroxylation sites is 1. The van der Waals surface area contributed by atoms with Crippen LogP contribution in [0.4, 0.5) is 0 Å². The summed E-state index contributed by atoms with van der Waals surface area (Å²) in [6.07, 6.45) is 2.74. The van der Waals surface area contributed by atoms with Crippen LogP contribution in [0.5, 0.6) is 0 Å². The lowest BCUT2D eigenvalue weighted by molar-refractivity contribution is -0.158. The number of furan rings is 1. The molecule has 2 heterocycles. The lowest BCUT2D eigenvalue weighted by Gasteiger charge is -2.39. The van der Waals surface area contributed by atoms with Crippen LogP contribution in [0.25, 0.3) is 11.0 Å². The van der Waals surface area contributed by atoms with E-state index in [2.05, 4.69) is 12.1 Å². The van der Waals surface area contributed by atoms with Crippen molar-refractivity contribution in [3.63, 3.8) is 0 Å². The summed E-state index contributed by atoms with van der Waals surface area (Å²) in [5.41, 5.74) is 1.37. The highest BCUT2D eigenvalue weighted by atomic mass is 16.5. The molecule has 0 aliphatic carbocycles. The van der Waals surface area contributed by atoms with E-state index in [1.165, 1.54) is 5.56 Å². The minimum Gasteiger partial charge on any atom is -0.466 e. The zero-order chi connectivity index (χ0) is 21.0. The van der Waals surface area contributed by atoms with E-state index in [0.29, 0.717) is 43.9 Å². The van der Waals surface area contributed by atoms with Crippen molar-refractivity contribution in [2.24, 2.45) is 5.41 Å². The largest absolute Gasteiger partial charge is 0.466 e. The Labute approximate surface area is 176 Å². The van der Waals surface area contributed by atoms with Gasteiger partial charge in [0.2, 0.25) is 0 Å². The van der Waals surface area contributed by atoms with Gasteiger partial charge in [0.25, 0.3) is 5.91 Å². The second-order valence-corrected chi connectivity index (χ2v) is 7.93. The molecule has 0 saturated carbocycles. The Hall–Kier alpha value is -3.08. The maximum Gasteiger partial charge on any atom is 0.312 e. The van der Waals surface area contributed by atoms with Gasteiger partial charge in [-0.15, -0.1) is 0 Å². The number of piperidine rings is 1. The first kappa shape index (κ1) is 20.2. The maximum atomic E-state index is 13.0. The van der Waals surface area contributed by atoms with E-state index in [1.54, 1.807) is 11.0 Å². The Balaban J connectivity index is 1.46. The zero-order valence-corrected chi connectivity index (χ0v) is 17.3. The smallest absolute Gasteiger partial charge is 0.312 e. The third-order valence-corrected chi connectivity index (χ3v) is 6.09. The first-order chi connectivity index (χ1) is 14.6. The van der Waals surface area contributed by atoms with Gasteiger partial charge in [-0.05, 0) is 50.3 Å². The van der Waals surface area contributed by atoms with Crippen molar-refractivity contribution in [1.29, 1.82) is 0 Å². The van der Waals surface area contributed by atoms with Gasteiger partial charge in [-0.25, -0.2) is 0 Å². The van der Waals surface area contributed by atoms with Gasteiger partial charge in [0.05, 0.1) is 12.0 Å². The molecule has 5 nitrogen and oxygen atoms in total. The third kappa shape index (κ3) is 4.11. The highest BCUT2D eigenvalue weighted by molar-refractivity contribution is 5.96. The standard InChI is InChI=1S/C25H27NO4/c1-2-29-24(28)25(13-12-19-8-4-3-5-9-19)14-16-26(17-15-25)23(27)22-18-20-10-6-7-11-21(20)30-22/h3-11,18H,2,12-17H2,1H3. The predicted octanol–water partition coefficient (Wildman–Crippen LogP) is 4.85. The number of fused-ring (bicyclic) bond motifs is 1. The van der Waals surface area contributed by atoms with Gasteiger partial charge in [-0.1, -0.05) is 48.5 Å². The van der Waals surface area contributed by atoms with E-state index >= 15 is 0 Å². The summed E-state index contributed by atoms with van der Waals surface area (Å²) in [5.74, 6) is 0.0904. The van der Waals surface area contributed by atoms with Gasteiger partial charge in [0.15, 0.2) is 5.76 Å². The number of amides is 1. The quantitative estimate of drug-likeness (QED) is 0.550. The summed E-state index contributed by atoms with van der Waals surface area (Å²) in [5, 5.41) is 0.918. The number of benzene rings is 2. The van der Waals surface area contributed by atoms with Crippen molar-refractivity contribution in [1.82, 2.24) is 4.90 Å². The van der Waals surface area contributed by atoms with Crippen molar-refractivity contribution in [2.75, 3.05) is 19.7 Å². The minimum atomic E-state index is -0.545. The summed E-state index contributed by atoms with van der Waals surface area (Å²) in [6.45, 7) is 3.24. The van der Waals surface area contributed by atoms with Crippen LogP contribution in [-0.4, -0.2) is 36.5 Å². The fourth-order valence-electron chi connectivity index (χ4n) is 4.25. The minimum absolute atomic E-state index is 0.119. The van der Waals surface area contributed by atoms with Gasteiger partial charge >= 0.3 is 5.97 Å². The first-order valence-corrected chi connectivity index (χ1v) is 10.6. The van der Waals surface area contributed by atoms with Crippen molar-refractivity contribution in [3.8, 4) is 0 Å². The van der Waals surface area contributed by atoms with Crippen molar-refractivity contribution >= 4 is 22.8 Å². The SMILES string of the molecule is CCOC(=O)C1(CCc2ccccc2)CCN(C(=O)c2cc3ccccc3o2)CC1. The van der Waals surface area contributed by atoms with Crippen LogP contribution in [0, 0.1) is 5.41 Å². The lowest BCUT2D eigenvalue weighted by Crippen LogP contribution is -2.47.